The fraction of sp³-hybridized carbons (Fsp3) is 0.429. The Balaban J connectivity index is 1.76. The molecule has 1 aliphatic rings. The minimum absolute atomic E-state index is 0.611. The van der Waals surface area contributed by atoms with Gasteiger partial charge in [-0.1, -0.05) is 0 Å². The maximum absolute atomic E-state index is 5.54. The molecule has 0 saturated heterocycles. The standard InChI is InChI=1S/C14H18N4S/c15-5-3-11-7-16-14(17-8-11)18(13-1-2-13)9-12-4-6-19-10-12/h4,6-8,10,13H,1-3,5,9,15H2. The van der Waals surface area contributed by atoms with Crippen molar-refractivity contribution in [3.8, 4) is 0 Å². The molecule has 2 heterocycles. The zero-order valence-electron chi connectivity index (χ0n) is 10.8. The van der Waals surface area contributed by atoms with Gasteiger partial charge in [-0.25, -0.2) is 9.97 Å². The van der Waals surface area contributed by atoms with Gasteiger partial charge in [0, 0.05) is 25.0 Å². The Morgan fingerprint density at radius 3 is 2.63 bits per heavy atom. The molecule has 0 amide bonds. The summed E-state index contributed by atoms with van der Waals surface area (Å²) < 4.78 is 0. The van der Waals surface area contributed by atoms with Crippen molar-refractivity contribution in [2.24, 2.45) is 5.73 Å². The Morgan fingerprint density at radius 1 is 1.26 bits per heavy atom. The summed E-state index contributed by atoms with van der Waals surface area (Å²) in [7, 11) is 0. The SMILES string of the molecule is NCCc1cnc(N(Cc2ccsc2)C2CC2)nc1. The fourth-order valence-corrected chi connectivity index (χ4v) is 2.78. The Morgan fingerprint density at radius 2 is 2.05 bits per heavy atom. The molecule has 2 N–H and O–H groups in total. The van der Waals surface area contributed by atoms with Gasteiger partial charge < -0.3 is 10.6 Å². The Kier molecular flexibility index (Phi) is 3.75. The van der Waals surface area contributed by atoms with Gasteiger partial charge >= 0.3 is 0 Å². The lowest BCUT2D eigenvalue weighted by Gasteiger charge is -2.21. The molecule has 0 aromatic carbocycles. The molecule has 0 atom stereocenters. The highest BCUT2D eigenvalue weighted by atomic mass is 32.1. The third kappa shape index (κ3) is 3.11. The van der Waals surface area contributed by atoms with Crippen LogP contribution < -0.4 is 10.6 Å². The second-order valence-electron chi connectivity index (χ2n) is 4.92. The summed E-state index contributed by atoms with van der Waals surface area (Å²) in [6, 6.07) is 2.78. The maximum atomic E-state index is 5.54. The number of rotatable bonds is 6. The zero-order chi connectivity index (χ0) is 13.1. The summed E-state index contributed by atoms with van der Waals surface area (Å²) in [6.07, 6.45) is 7.14. The molecule has 2 aromatic heterocycles. The molecular formula is C14H18N4S. The third-order valence-electron chi connectivity index (χ3n) is 3.30. The van der Waals surface area contributed by atoms with E-state index in [1.807, 2.05) is 12.4 Å². The lowest BCUT2D eigenvalue weighted by molar-refractivity contribution is 0.756. The molecule has 0 unspecified atom stereocenters. The summed E-state index contributed by atoms with van der Waals surface area (Å²) in [6.45, 7) is 1.55. The number of anilines is 1. The normalized spacial score (nSPS) is 14.6. The highest BCUT2D eigenvalue weighted by molar-refractivity contribution is 7.07. The molecule has 1 aliphatic carbocycles. The van der Waals surface area contributed by atoms with E-state index in [4.69, 9.17) is 5.73 Å². The van der Waals surface area contributed by atoms with E-state index in [1.165, 1.54) is 18.4 Å². The second-order valence-corrected chi connectivity index (χ2v) is 5.70. The van der Waals surface area contributed by atoms with Crippen LogP contribution in [0.1, 0.15) is 24.0 Å². The minimum Gasteiger partial charge on any atom is -0.333 e. The summed E-state index contributed by atoms with van der Waals surface area (Å²) >= 11 is 1.74. The molecule has 1 fully saturated rings. The summed E-state index contributed by atoms with van der Waals surface area (Å²) in [5.74, 6) is 0.842. The van der Waals surface area contributed by atoms with E-state index in [-0.39, 0.29) is 0 Å². The monoisotopic (exact) mass is 274 g/mol. The number of hydrogen-bond acceptors (Lipinski definition) is 5. The van der Waals surface area contributed by atoms with Crippen LogP contribution in [-0.2, 0) is 13.0 Å². The predicted molar refractivity (Wildman–Crippen MR) is 78.3 cm³/mol. The Labute approximate surface area is 117 Å². The van der Waals surface area contributed by atoms with Crippen LogP contribution in [0.5, 0.6) is 0 Å². The van der Waals surface area contributed by atoms with Crippen molar-refractivity contribution in [1.29, 1.82) is 0 Å². The predicted octanol–water partition coefficient (Wildman–Crippen LogP) is 2.21. The van der Waals surface area contributed by atoms with Gasteiger partial charge in [0.25, 0.3) is 0 Å². The topological polar surface area (TPSA) is 55.0 Å². The first-order valence-corrected chi connectivity index (χ1v) is 7.60. The summed E-state index contributed by atoms with van der Waals surface area (Å²) in [5.41, 5.74) is 7.99. The van der Waals surface area contributed by atoms with Crippen molar-refractivity contribution >= 4 is 17.3 Å². The van der Waals surface area contributed by atoms with Gasteiger partial charge in [-0.05, 0) is 53.8 Å². The number of nitrogens with zero attached hydrogens (tertiary/aromatic N) is 3. The third-order valence-corrected chi connectivity index (χ3v) is 4.03. The number of hydrogen-bond donors (Lipinski definition) is 1. The van der Waals surface area contributed by atoms with E-state index in [1.54, 1.807) is 11.3 Å². The van der Waals surface area contributed by atoms with E-state index in [2.05, 4.69) is 31.7 Å². The molecule has 100 valence electrons. The Hall–Kier alpha value is -1.46. The van der Waals surface area contributed by atoms with E-state index < -0.39 is 0 Å². The van der Waals surface area contributed by atoms with Gasteiger partial charge in [0.1, 0.15) is 0 Å². The minimum atomic E-state index is 0.611. The molecule has 4 nitrogen and oxygen atoms in total. The lowest BCUT2D eigenvalue weighted by Crippen LogP contribution is -2.26. The second kappa shape index (κ2) is 5.67. The summed E-state index contributed by atoms with van der Waals surface area (Å²) in [4.78, 5) is 11.3. The number of aromatic nitrogens is 2. The molecule has 3 rings (SSSR count). The van der Waals surface area contributed by atoms with Gasteiger partial charge in [-0.3, -0.25) is 0 Å². The smallest absolute Gasteiger partial charge is 0.225 e. The van der Waals surface area contributed by atoms with Gasteiger partial charge in [0.15, 0.2) is 0 Å². The molecule has 0 aliphatic heterocycles. The van der Waals surface area contributed by atoms with Crippen molar-refractivity contribution in [3.05, 3.63) is 40.3 Å². The first-order chi connectivity index (χ1) is 9.36. The van der Waals surface area contributed by atoms with Gasteiger partial charge in [-0.2, -0.15) is 11.3 Å². The molecular weight excluding hydrogens is 256 g/mol. The van der Waals surface area contributed by atoms with Crippen LogP contribution in [0, 0.1) is 0 Å². The van der Waals surface area contributed by atoms with Crippen molar-refractivity contribution < 1.29 is 0 Å². The number of thiophene rings is 1. The van der Waals surface area contributed by atoms with Crippen LogP contribution in [0.3, 0.4) is 0 Å². The van der Waals surface area contributed by atoms with E-state index >= 15 is 0 Å². The van der Waals surface area contributed by atoms with Crippen molar-refractivity contribution in [2.45, 2.75) is 31.8 Å². The lowest BCUT2D eigenvalue weighted by atomic mass is 10.2. The number of nitrogens with two attached hydrogens (primary N) is 1. The molecule has 2 aromatic rings. The van der Waals surface area contributed by atoms with Crippen molar-refractivity contribution in [3.63, 3.8) is 0 Å². The highest BCUT2D eigenvalue weighted by Gasteiger charge is 2.30. The van der Waals surface area contributed by atoms with E-state index in [0.29, 0.717) is 12.6 Å². The van der Waals surface area contributed by atoms with Crippen LogP contribution in [0.4, 0.5) is 5.95 Å². The molecule has 0 bridgehead atoms. The first kappa shape index (κ1) is 12.6. The average Bonchev–Trinajstić information content (AvgIpc) is 3.15. The van der Waals surface area contributed by atoms with Gasteiger partial charge in [0.05, 0.1) is 0 Å². The van der Waals surface area contributed by atoms with Crippen LogP contribution in [0.15, 0.2) is 29.2 Å². The van der Waals surface area contributed by atoms with E-state index in [9.17, 15) is 0 Å². The molecule has 5 heteroatoms. The van der Waals surface area contributed by atoms with Gasteiger partial charge in [0.2, 0.25) is 5.95 Å². The van der Waals surface area contributed by atoms with Crippen LogP contribution >= 0.6 is 11.3 Å². The average molecular weight is 274 g/mol. The summed E-state index contributed by atoms with van der Waals surface area (Å²) in [5, 5.41) is 4.31. The molecule has 0 radical (unpaired) electrons. The maximum Gasteiger partial charge on any atom is 0.225 e. The molecule has 0 spiro atoms. The molecule has 19 heavy (non-hydrogen) atoms. The Bertz CT molecular complexity index is 505. The molecule has 1 saturated carbocycles. The fourth-order valence-electron chi connectivity index (χ4n) is 2.12. The highest BCUT2D eigenvalue weighted by Crippen LogP contribution is 2.31. The van der Waals surface area contributed by atoms with Crippen molar-refractivity contribution in [1.82, 2.24) is 9.97 Å². The van der Waals surface area contributed by atoms with Crippen LogP contribution in [0.25, 0.3) is 0 Å². The van der Waals surface area contributed by atoms with Crippen LogP contribution in [0.2, 0.25) is 0 Å². The van der Waals surface area contributed by atoms with Crippen LogP contribution in [-0.4, -0.2) is 22.6 Å². The largest absolute Gasteiger partial charge is 0.333 e. The van der Waals surface area contributed by atoms with E-state index in [0.717, 1.165) is 24.5 Å². The zero-order valence-corrected chi connectivity index (χ0v) is 11.6. The quantitative estimate of drug-likeness (QED) is 0.877. The first-order valence-electron chi connectivity index (χ1n) is 6.65. The van der Waals surface area contributed by atoms with Gasteiger partial charge in [-0.15, -0.1) is 0 Å². The van der Waals surface area contributed by atoms with Crippen molar-refractivity contribution in [2.75, 3.05) is 11.4 Å².